The third-order valence-electron chi connectivity index (χ3n) is 1.08. The van der Waals surface area contributed by atoms with Gasteiger partial charge in [-0.25, -0.2) is 0 Å². The van der Waals surface area contributed by atoms with Gasteiger partial charge in [0.1, 0.15) is 0 Å². The van der Waals surface area contributed by atoms with Crippen LogP contribution in [-0.2, 0) is 6.54 Å². The molecule has 1 rings (SSSR count). The van der Waals surface area contributed by atoms with Crippen LogP contribution in [0.1, 0.15) is 5.56 Å². The fraction of sp³-hybridized carbons (Fsp3) is 0.167. The van der Waals surface area contributed by atoms with Gasteiger partial charge in [0.2, 0.25) is 0 Å². The Bertz CT molecular complexity index is 150. The Kier molecular flexibility index (Phi) is 1.81. The summed E-state index contributed by atoms with van der Waals surface area (Å²) in [7, 11) is 0. The molecule has 1 nitrogen and oxygen atoms in total. The number of hydrogen-bond donors (Lipinski definition) is 1. The zero-order valence-corrected chi connectivity index (χ0v) is 4.67. The molecule has 8 heavy (non-hydrogen) atoms. The number of nitrogens with two attached hydrogens (primary N) is 1. The number of rotatable bonds is 1. The van der Waals surface area contributed by atoms with E-state index < -0.39 is 0 Å². The van der Waals surface area contributed by atoms with Crippen molar-refractivity contribution >= 4 is 6.91 Å². The van der Waals surface area contributed by atoms with Gasteiger partial charge in [-0.3, -0.25) is 0 Å². The van der Waals surface area contributed by atoms with Crippen molar-refractivity contribution in [2.75, 3.05) is 0 Å². The van der Waals surface area contributed by atoms with E-state index in [1.165, 1.54) is 5.56 Å². The Morgan fingerprint density at radius 3 is 2.88 bits per heavy atom. The van der Waals surface area contributed by atoms with E-state index in [0.717, 1.165) is 0 Å². The number of hydrogen-bond acceptors (Lipinski definition) is 1. The summed E-state index contributed by atoms with van der Waals surface area (Å²) in [5.74, 6) is 4.00. The van der Waals surface area contributed by atoms with Crippen molar-refractivity contribution in [2.45, 2.75) is 6.54 Å². The summed E-state index contributed by atoms with van der Waals surface area (Å²) in [5.41, 5.74) is 6.54. The van der Waals surface area contributed by atoms with Crippen LogP contribution in [0.3, 0.4) is 0 Å². The molecule has 0 amide bonds. The third-order valence-corrected chi connectivity index (χ3v) is 1.08. The molecule has 0 radical (unpaired) electrons. The van der Waals surface area contributed by atoms with Crippen LogP contribution >= 0.6 is 0 Å². The van der Waals surface area contributed by atoms with Gasteiger partial charge in [0.25, 0.3) is 0 Å². The second-order valence-electron chi connectivity index (χ2n) is 1.69. The monoisotopic (exact) mass is 105 g/mol. The van der Waals surface area contributed by atoms with Crippen molar-refractivity contribution in [3.63, 3.8) is 0 Å². The van der Waals surface area contributed by atoms with Gasteiger partial charge >= 0.3 is 48.8 Å². The Morgan fingerprint density at radius 2 is 2.50 bits per heavy atom. The van der Waals surface area contributed by atoms with E-state index in [4.69, 9.17) is 5.73 Å². The average Bonchev–Trinajstić information content (AvgIpc) is 1.90. The van der Waals surface area contributed by atoms with Gasteiger partial charge in [-0.1, -0.05) is 0 Å². The van der Waals surface area contributed by atoms with Gasteiger partial charge in [0.05, 0.1) is 0 Å². The van der Waals surface area contributed by atoms with Crippen LogP contribution in [0.25, 0.3) is 0 Å². The van der Waals surface area contributed by atoms with E-state index in [1.807, 2.05) is 31.0 Å². The molecular formula is C6H8BN. The predicted octanol–water partition coefficient (Wildman–Crippen LogP) is 0.483. The zero-order valence-electron chi connectivity index (χ0n) is 4.67. The van der Waals surface area contributed by atoms with Crippen molar-refractivity contribution in [3.8, 4) is 0 Å². The fourth-order valence-corrected chi connectivity index (χ4v) is 0.614. The molecule has 2 N–H and O–H groups in total. The first-order valence-corrected chi connectivity index (χ1v) is 2.67. The van der Waals surface area contributed by atoms with Gasteiger partial charge in [0, 0.05) is 0 Å². The molecule has 1 heterocycles. The first kappa shape index (κ1) is 5.51. The van der Waals surface area contributed by atoms with E-state index >= 15 is 0 Å². The van der Waals surface area contributed by atoms with Crippen LogP contribution in [0, 0.1) is 0 Å². The summed E-state index contributed by atoms with van der Waals surface area (Å²) in [6.07, 6.45) is 0. The second-order valence-corrected chi connectivity index (χ2v) is 1.69. The maximum atomic E-state index is 5.35. The maximum absolute atomic E-state index is 5.35. The minimum absolute atomic E-state index is 0.640. The molecule has 0 fully saturated rings. The van der Waals surface area contributed by atoms with Crippen molar-refractivity contribution in [1.29, 1.82) is 0 Å². The molecule has 1 aromatic rings. The molecule has 0 aliphatic rings. The van der Waals surface area contributed by atoms with E-state index in [-0.39, 0.29) is 0 Å². The molecule has 1 aromatic heterocycles. The molecular weight excluding hydrogens is 96.9 g/mol. The van der Waals surface area contributed by atoms with Crippen LogP contribution < -0.4 is 5.73 Å². The Hall–Kier alpha value is -0.625. The quantitative estimate of drug-likeness (QED) is 0.552. The van der Waals surface area contributed by atoms with Crippen molar-refractivity contribution in [1.82, 2.24) is 0 Å². The van der Waals surface area contributed by atoms with Crippen LogP contribution in [0.5, 0.6) is 0 Å². The normalized spacial score (nSPS) is 8.62. The summed E-state index contributed by atoms with van der Waals surface area (Å²) in [6.45, 7) is 2.63. The average molecular weight is 105 g/mol. The van der Waals surface area contributed by atoms with Gasteiger partial charge in [-0.15, -0.1) is 0 Å². The zero-order chi connectivity index (χ0) is 5.82. The molecule has 0 unspecified atom stereocenters. The van der Waals surface area contributed by atoms with Crippen LogP contribution in [0.15, 0.2) is 24.1 Å². The molecule has 0 saturated carbocycles. The van der Waals surface area contributed by atoms with Crippen molar-refractivity contribution in [3.05, 3.63) is 29.6 Å². The minimum atomic E-state index is 0.640. The molecule has 0 atom stereocenters. The first-order valence-electron chi connectivity index (χ1n) is 2.67. The van der Waals surface area contributed by atoms with Crippen LogP contribution in [0.4, 0.5) is 0 Å². The van der Waals surface area contributed by atoms with Gasteiger partial charge in [0.15, 0.2) is 0 Å². The van der Waals surface area contributed by atoms with Crippen molar-refractivity contribution < 1.29 is 0 Å². The molecule has 0 bridgehead atoms. The standard InChI is InChI=1S/C6H8BN/c8-5-6-2-1-3-7-4-6/h1-4H,5,8H2. The molecule has 0 saturated heterocycles. The topological polar surface area (TPSA) is 26.0 Å². The summed E-state index contributed by atoms with van der Waals surface area (Å²) in [5, 5.41) is 0. The molecule has 0 aliphatic heterocycles. The summed E-state index contributed by atoms with van der Waals surface area (Å²) < 4.78 is 0. The van der Waals surface area contributed by atoms with E-state index in [9.17, 15) is 0 Å². The van der Waals surface area contributed by atoms with Gasteiger partial charge in [-0.2, -0.15) is 0 Å². The molecule has 0 spiro atoms. The fourth-order valence-electron chi connectivity index (χ4n) is 0.614. The predicted molar refractivity (Wildman–Crippen MR) is 35.7 cm³/mol. The molecule has 2 heteroatoms. The summed E-state index contributed by atoms with van der Waals surface area (Å²) in [4.78, 5) is 0. The first-order chi connectivity index (χ1) is 3.93. The Balaban J connectivity index is 2.83. The summed E-state index contributed by atoms with van der Waals surface area (Å²) >= 11 is 0. The third kappa shape index (κ3) is 1.17. The van der Waals surface area contributed by atoms with E-state index in [1.54, 1.807) is 0 Å². The SMILES string of the molecule is NCc1cbccc1. The molecule has 0 aliphatic carbocycles. The van der Waals surface area contributed by atoms with Crippen LogP contribution in [-0.4, -0.2) is 6.91 Å². The summed E-state index contributed by atoms with van der Waals surface area (Å²) in [6, 6.07) is 4.00. The van der Waals surface area contributed by atoms with Crippen molar-refractivity contribution in [2.24, 2.45) is 5.73 Å². The van der Waals surface area contributed by atoms with Crippen LogP contribution in [0.2, 0.25) is 0 Å². The Labute approximate surface area is 49.7 Å². The molecule has 0 aromatic carbocycles. The Morgan fingerprint density at radius 1 is 1.62 bits per heavy atom. The molecule has 40 valence electrons. The second kappa shape index (κ2) is 2.63. The van der Waals surface area contributed by atoms with Gasteiger partial charge in [-0.05, 0) is 0 Å². The van der Waals surface area contributed by atoms with Gasteiger partial charge < -0.3 is 0 Å². The van der Waals surface area contributed by atoms with E-state index in [2.05, 4.69) is 0 Å². The van der Waals surface area contributed by atoms with E-state index in [0.29, 0.717) is 6.54 Å².